The molecular formula is C28H37Cl2N3O6S. The van der Waals surface area contributed by atoms with Crippen molar-refractivity contribution in [2.75, 3.05) is 30.3 Å². The Kier molecular flexibility index (Phi) is 11.4. The maximum Gasteiger partial charge on any atom is 0.243 e. The van der Waals surface area contributed by atoms with E-state index in [0.717, 1.165) is 12.7 Å². The summed E-state index contributed by atoms with van der Waals surface area (Å²) in [4.78, 5) is 28.3. The Hall–Kier alpha value is -2.69. The minimum atomic E-state index is -3.65. The molecule has 0 bridgehead atoms. The van der Waals surface area contributed by atoms with E-state index >= 15 is 0 Å². The molecule has 1 N–H and O–H groups in total. The lowest BCUT2D eigenvalue weighted by atomic mass is 10.1. The molecule has 3 rings (SSSR count). The number of fused-ring (bicyclic) bond motifs is 1. The van der Waals surface area contributed by atoms with Crippen molar-refractivity contribution in [3.63, 3.8) is 0 Å². The maximum absolute atomic E-state index is 13.6. The van der Waals surface area contributed by atoms with E-state index in [9.17, 15) is 18.0 Å². The highest BCUT2D eigenvalue weighted by Crippen LogP contribution is 2.35. The quantitative estimate of drug-likeness (QED) is 0.339. The molecule has 1 aliphatic rings. The fourth-order valence-corrected chi connectivity index (χ4v) is 5.81. The van der Waals surface area contributed by atoms with Gasteiger partial charge in [-0.15, -0.1) is 0 Å². The van der Waals surface area contributed by atoms with E-state index in [1.807, 2.05) is 20.8 Å². The van der Waals surface area contributed by atoms with Crippen molar-refractivity contribution in [2.24, 2.45) is 0 Å². The largest absolute Gasteiger partial charge is 0.486 e. The van der Waals surface area contributed by atoms with Gasteiger partial charge in [-0.3, -0.25) is 13.9 Å². The molecule has 1 heterocycles. The molecule has 2 amide bonds. The number of ether oxygens (including phenoxy) is 2. The van der Waals surface area contributed by atoms with E-state index in [2.05, 4.69) is 5.32 Å². The zero-order chi connectivity index (χ0) is 29.4. The first-order valence-electron chi connectivity index (χ1n) is 13.4. The van der Waals surface area contributed by atoms with Crippen LogP contribution in [0.25, 0.3) is 0 Å². The highest BCUT2D eigenvalue weighted by atomic mass is 35.5. The lowest BCUT2D eigenvalue weighted by molar-refractivity contribution is -0.141. The number of nitrogens with zero attached hydrogens (tertiary/aromatic N) is 2. The number of benzene rings is 2. The lowest BCUT2D eigenvalue weighted by Crippen LogP contribution is -2.50. The minimum absolute atomic E-state index is 0.0227. The van der Waals surface area contributed by atoms with Crippen LogP contribution in [0.4, 0.5) is 5.69 Å². The number of anilines is 1. The van der Waals surface area contributed by atoms with Crippen molar-refractivity contribution in [3.8, 4) is 11.5 Å². The summed E-state index contributed by atoms with van der Waals surface area (Å²) in [5.41, 5.74) is 1.08. The van der Waals surface area contributed by atoms with Crippen LogP contribution in [-0.4, -0.2) is 63.2 Å². The number of carbonyl (C=O) groups excluding carboxylic acids is 2. The Labute approximate surface area is 246 Å². The monoisotopic (exact) mass is 613 g/mol. The van der Waals surface area contributed by atoms with Crippen molar-refractivity contribution in [1.29, 1.82) is 0 Å². The second kappa shape index (κ2) is 14.3. The van der Waals surface area contributed by atoms with Crippen LogP contribution in [0.3, 0.4) is 0 Å². The summed E-state index contributed by atoms with van der Waals surface area (Å²) in [6.07, 6.45) is 2.52. The number of hydrogen-bond donors (Lipinski definition) is 1. The number of halogens is 2. The lowest BCUT2D eigenvalue weighted by Gasteiger charge is -2.32. The van der Waals surface area contributed by atoms with Crippen LogP contribution in [-0.2, 0) is 26.2 Å². The smallest absolute Gasteiger partial charge is 0.243 e. The standard InChI is InChI=1S/C28H37Cl2N3O6S/c1-5-19(3)31-28(35)24(6-2)32(18-20-9-10-21(29)16-23(20)30)27(34)8-7-13-33(40(4,36)37)22-11-12-25-26(17-22)39-15-14-38-25/h9-12,16-17,19,24H,5-8,13-15,18H2,1-4H3,(H,31,35)/t19-,24-/m1/s1. The van der Waals surface area contributed by atoms with Crippen molar-refractivity contribution >= 4 is 50.7 Å². The number of carbonyl (C=O) groups is 2. The van der Waals surface area contributed by atoms with Gasteiger partial charge in [-0.1, -0.05) is 43.1 Å². The molecule has 0 spiro atoms. The maximum atomic E-state index is 13.6. The fraction of sp³-hybridized carbons (Fsp3) is 0.500. The number of hydrogen-bond acceptors (Lipinski definition) is 6. The SMILES string of the molecule is CC[C@@H](C)NC(=O)[C@@H](CC)N(Cc1ccc(Cl)cc1Cl)C(=O)CCCN(c1ccc2c(c1)OCCO2)S(C)(=O)=O. The van der Waals surface area contributed by atoms with E-state index in [1.54, 1.807) is 36.4 Å². The van der Waals surface area contributed by atoms with E-state index in [1.165, 1.54) is 9.21 Å². The molecule has 2 atom stereocenters. The first-order valence-corrected chi connectivity index (χ1v) is 16.0. The van der Waals surface area contributed by atoms with Gasteiger partial charge in [-0.2, -0.15) is 0 Å². The Balaban J connectivity index is 1.80. The van der Waals surface area contributed by atoms with Gasteiger partial charge < -0.3 is 19.7 Å². The highest BCUT2D eigenvalue weighted by molar-refractivity contribution is 7.92. The van der Waals surface area contributed by atoms with Crippen LogP contribution in [0.1, 0.15) is 52.0 Å². The zero-order valence-electron chi connectivity index (χ0n) is 23.3. The molecule has 0 unspecified atom stereocenters. The van der Waals surface area contributed by atoms with E-state index < -0.39 is 16.1 Å². The Morgan fingerprint density at radius 2 is 1.73 bits per heavy atom. The van der Waals surface area contributed by atoms with Gasteiger partial charge in [0.05, 0.1) is 11.9 Å². The average Bonchev–Trinajstić information content (AvgIpc) is 2.91. The normalized spacial score (nSPS) is 14.2. The second-order valence-corrected chi connectivity index (χ2v) is 12.5. The Morgan fingerprint density at radius 1 is 1.02 bits per heavy atom. The number of amides is 2. The molecule has 0 fully saturated rings. The van der Waals surface area contributed by atoms with E-state index in [-0.39, 0.29) is 43.8 Å². The molecule has 2 aromatic rings. The zero-order valence-corrected chi connectivity index (χ0v) is 25.6. The minimum Gasteiger partial charge on any atom is -0.486 e. The summed E-state index contributed by atoms with van der Waals surface area (Å²) in [6, 6.07) is 9.19. The van der Waals surface area contributed by atoms with Crippen LogP contribution < -0.4 is 19.1 Å². The molecule has 0 radical (unpaired) electrons. The molecule has 2 aromatic carbocycles. The molecule has 0 aromatic heterocycles. The van der Waals surface area contributed by atoms with Crippen molar-refractivity contribution < 1.29 is 27.5 Å². The number of sulfonamides is 1. The fourth-order valence-electron chi connectivity index (χ4n) is 4.39. The number of nitrogens with one attached hydrogen (secondary N) is 1. The summed E-state index contributed by atoms with van der Waals surface area (Å²) in [7, 11) is -3.65. The van der Waals surface area contributed by atoms with Gasteiger partial charge in [0, 0.05) is 41.7 Å². The van der Waals surface area contributed by atoms with Gasteiger partial charge in [0.25, 0.3) is 0 Å². The predicted octanol–water partition coefficient (Wildman–Crippen LogP) is 5.03. The third kappa shape index (κ3) is 8.41. The van der Waals surface area contributed by atoms with Crippen LogP contribution >= 0.6 is 23.2 Å². The Bertz CT molecular complexity index is 1310. The van der Waals surface area contributed by atoms with Gasteiger partial charge in [0.1, 0.15) is 19.3 Å². The average molecular weight is 615 g/mol. The van der Waals surface area contributed by atoms with Crippen LogP contribution in [0.5, 0.6) is 11.5 Å². The molecule has 40 heavy (non-hydrogen) atoms. The first-order chi connectivity index (χ1) is 18.9. The summed E-state index contributed by atoms with van der Waals surface area (Å²) >= 11 is 12.5. The summed E-state index contributed by atoms with van der Waals surface area (Å²) in [5, 5.41) is 3.83. The summed E-state index contributed by atoms with van der Waals surface area (Å²) in [5.74, 6) is 0.492. The molecular weight excluding hydrogens is 577 g/mol. The molecule has 0 aliphatic carbocycles. The second-order valence-electron chi connectivity index (χ2n) is 9.77. The van der Waals surface area contributed by atoms with Crippen molar-refractivity contribution in [1.82, 2.24) is 10.2 Å². The van der Waals surface area contributed by atoms with Crippen molar-refractivity contribution in [2.45, 2.75) is 65.1 Å². The third-order valence-corrected chi connectivity index (χ3v) is 8.49. The molecule has 220 valence electrons. The van der Waals surface area contributed by atoms with Gasteiger partial charge in [0.15, 0.2) is 11.5 Å². The highest BCUT2D eigenvalue weighted by Gasteiger charge is 2.30. The van der Waals surface area contributed by atoms with Gasteiger partial charge in [0.2, 0.25) is 21.8 Å². The van der Waals surface area contributed by atoms with Gasteiger partial charge >= 0.3 is 0 Å². The topological polar surface area (TPSA) is 105 Å². The van der Waals surface area contributed by atoms with Crippen LogP contribution in [0.15, 0.2) is 36.4 Å². The molecule has 1 aliphatic heterocycles. The van der Waals surface area contributed by atoms with E-state index in [4.69, 9.17) is 32.7 Å². The first kappa shape index (κ1) is 31.8. The third-order valence-electron chi connectivity index (χ3n) is 6.71. The predicted molar refractivity (Wildman–Crippen MR) is 158 cm³/mol. The summed E-state index contributed by atoms with van der Waals surface area (Å²) in [6.45, 7) is 6.70. The van der Waals surface area contributed by atoms with Crippen LogP contribution in [0, 0.1) is 0 Å². The van der Waals surface area contributed by atoms with E-state index in [0.29, 0.717) is 52.4 Å². The van der Waals surface area contributed by atoms with Gasteiger partial charge in [-0.25, -0.2) is 8.42 Å². The molecule has 12 heteroatoms. The van der Waals surface area contributed by atoms with Crippen LogP contribution in [0.2, 0.25) is 10.0 Å². The molecule has 0 saturated heterocycles. The Morgan fingerprint density at radius 3 is 2.35 bits per heavy atom. The summed E-state index contributed by atoms with van der Waals surface area (Å²) < 4.78 is 37.7. The number of rotatable bonds is 13. The molecule has 9 nitrogen and oxygen atoms in total. The van der Waals surface area contributed by atoms with Crippen molar-refractivity contribution in [3.05, 3.63) is 52.0 Å². The molecule has 0 saturated carbocycles. The van der Waals surface area contributed by atoms with Gasteiger partial charge in [-0.05, 0) is 56.0 Å².